The van der Waals surface area contributed by atoms with Crippen LogP contribution in [0.2, 0.25) is 0 Å². The van der Waals surface area contributed by atoms with Gasteiger partial charge in [0, 0.05) is 6.42 Å². The molecule has 0 bridgehead atoms. The van der Waals surface area contributed by atoms with E-state index < -0.39 is 32.3 Å². The number of hydrogen-bond donors (Lipinski definition) is 2. The minimum Gasteiger partial charge on any atom is -0.456 e. The van der Waals surface area contributed by atoms with Crippen molar-refractivity contribution in [1.82, 2.24) is 0 Å². The molecule has 0 saturated carbocycles. The van der Waals surface area contributed by atoms with E-state index in [9.17, 15) is 13.8 Å². The summed E-state index contributed by atoms with van der Waals surface area (Å²) in [7, 11) is -4.75. The highest BCUT2D eigenvalue weighted by Gasteiger charge is 2.22. The van der Waals surface area contributed by atoms with Crippen LogP contribution in [0.3, 0.4) is 0 Å². The molecular formula is C20H18FO6P. The number of ether oxygens (including phenoxy) is 1. The third kappa shape index (κ3) is 5.71. The maximum Gasteiger partial charge on any atom is 0.469 e. The molecule has 3 aromatic carbocycles. The number of carbonyl (C=O) groups is 1. The lowest BCUT2D eigenvalue weighted by molar-refractivity contribution is 0.0135. The number of phosphoric acid groups is 1. The van der Waals surface area contributed by atoms with Gasteiger partial charge in [-0.2, -0.15) is 0 Å². The van der Waals surface area contributed by atoms with Gasteiger partial charge in [0.1, 0.15) is 11.9 Å². The molecule has 28 heavy (non-hydrogen) atoms. The third-order valence-corrected chi connectivity index (χ3v) is 4.53. The highest BCUT2D eigenvalue weighted by atomic mass is 31.2. The first kappa shape index (κ1) is 20.2. The van der Waals surface area contributed by atoms with Crippen molar-refractivity contribution in [3.8, 4) is 0 Å². The fourth-order valence-corrected chi connectivity index (χ4v) is 3.14. The van der Waals surface area contributed by atoms with Crippen LogP contribution in [0, 0.1) is 5.82 Å². The maximum absolute atomic E-state index is 13.4. The molecule has 3 aromatic rings. The summed E-state index contributed by atoms with van der Waals surface area (Å²) in [6.07, 6.45) is -0.967. The molecule has 0 saturated heterocycles. The first-order valence-electron chi connectivity index (χ1n) is 8.44. The van der Waals surface area contributed by atoms with Crippen molar-refractivity contribution in [2.75, 3.05) is 6.61 Å². The largest absolute Gasteiger partial charge is 0.469 e. The summed E-state index contributed by atoms with van der Waals surface area (Å²) in [6, 6.07) is 18.2. The van der Waals surface area contributed by atoms with E-state index in [0.717, 1.165) is 10.8 Å². The van der Waals surface area contributed by atoms with Crippen molar-refractivity contribution in [2.45, 2.75) is 12.5 Å². The van der Waals surface area contributed by atoms with Crippen LogP contribution >= 0.6 is 7.82 Å². The van der Waals surface area contributed by atoms with Crippen molar-refractivity contribution in [1.29, 1.82) is 0 Å². The fourth-order valence-electron chi connectivity index (χ4n) is 2.78. The predicted octanol–water partition coefficient (Wildman–Crippen LogP) is 3.86. The zero-order valence-corrected chi connectivity index (χ0v) is 15.6. The Kier molecular flexibility index (Phi) is 6.21. The maximum atomic E-state index is 13.4. The van der Waals surface area contributed by atoms with Crippen LogP contribution in [-0.2, 0) is 20.2 Å². The van der Waals surface area contributed by atoms with Gasteiger partial charge in [0.15, 0.2) is 0 Å². The van der Waals surface area contributed by atoms with Crippen LogP contribution < -0.4 is 0 Å². The highest BCUT2D eigenvalue weighted by molar-refractivity contribution is 7.46. The lowest BCUT2D eigenvalue weighted by Gasteiger charge is -2.19. The average molecular weight is 404 g/mol. The van der Waals surface area contributed by atoms with Gasteiger partial charge in [-0.1, -0.05) is 42.5 Å². The van der Waals surface area contributed by atoms with E-state index in [1.54, 1.807) is 24.3 Å². The van der Waals surface area contributed by atoms with Crippen molar-refractivity contribution >= 4 is 24.6 Å². The minimum atomic E-state index is -4.75. The van der Waals surface area contributed by atoms with Crippen LogP contribution in [-0.4, -0.2) is 28.5 Å². The van der Waals surface area contributed by atoms with Crippen molar-refractivity contribution in [3.63, 3.8) is 0 Å². The molecule has 8 heteroatoms. The first-order chi connectivity index (χ1) is 13.3. The van der Waals surface area contributed by atoms with Crippen molar-refractivity contribution in [2.24, 2.45) is 0 Å². The summed E-state index contributed by atoms with van der Waals surface area (Å²) in [4.78, 5) is 30.4. The number of benzene rings is 3. The lowest BCUT2D eigenvalue weighted by Crippen LogP contribution is -2.25. The van der Waals surface area contributed by atoms with Crippen LogP contribution in [0.5, 0.6) is 0 Å². The second kappa shape index (κ2) is 8.63. The number of esters is 1. The number of carbonyl (C=O) groups excluding carboxylic acids is 1. The van der Waals surface area contributed by atoms with E-state index in [1.807, 2.05) is 24.3 Å². The second-order valence-electron chi connectivity index (χ2n) is 6.21. The van der Waals surface area contributed by atoms with E-state index in [-0.39, 0.29) is 6.42 Å². The van der Waals surface area contributed by atoms with Gasteiger partial charge in [-0.3, -0.25) is 4.52 Å². The summed E-state index contributed by atoms with van der Waals surface area (Å²) < 4.78 is 34.3. The Balaban J connectivity index is 1.78. The smallest absolute Gasteiger partial charge is 0.456 e. The van der Waals surface area contributed by atoms with E-state index in [4.69, 9.17) is 14.5 Å². The standard InChI is InChI=1S/C20H18FO6P/c21-18-7-3-4-14(10-18)11-19(13-26-28(23,24)25)27-20(22)17-9-8-15-5-1-2-6-16(15)12-17/h1-10,12,19H,11,13H2,(H2,23,24,25)/t19-/m1/s1. The lowest BCUT2D eigenvalue weighted by atomic mass is 10.1. The monoisotopic (exact) mass is 404 g/mol. The Morgan fingerprint density at radius 3 is 2.46 bits per heavy atom. The SMILES string of the molecule is O=C(O[C@@H](COP(=O)(O)O)Cc1cccc(F)c1)c1ccc2ccccc2c1. The van der Waals surface area contributed by atoms with Crippen molar-refractivity contribution in [3.05, 3.63) is 83.7 Å². The van der Waals surface area contributed by atoms with Crippen LogP contribution in [0.15, 0.2) is 66.7 Å². The molecule has 1 atom stereocenters. The van der Waals surface area contributed by atoms with Gasteiger partial charge >= 0.3 is 13.8 Å². The zero-order valence-electron chi connectivity index (χ0n) is 14.7. The number of fused-ring (bicyclic) bond motifs is 1. The van der Waals surface area contributed by atoms with Gasteiger partial charge in [0.05, 0.1) is 12.2 Å². The molecule has 0 aliphatic rings. The summed E-state index contributed by atoms with van der Waals surface area (Å²) in [5, 5.41) is 1.81. The molecule has 0 spiro atoms. The molecule has 6 nitrogen and oxygen atoms in total. The Hall–Kier alpha value is -2.57. The zero-order chi connectivity index (χ0) is 20.1. The Bertz CT molecular complexity index is 1030. The molecule has 0 amide bonds. The second-order valence-corrected chi connectivity index (χ2v) is 7.45. The number of phosphoric ester groups is 1. The normalized spacial score (nSPS) is 12.7. The molecule has 3 rings (SSSR count). The molecular weight excluding hydrogens is 386 g/mol. The Morgan fingerprint density at radius 2 is 1.75 bits per heavy atom. The number of hydrogen-bond acceptors (Lipinski definition) is 4. The Morgan fingerprint density at radius 1 is 1.00 bits per heavy atom. The molecule has 2 N–H and O–H groups in total. The van der Waals surface area contributed by atoms with Gasteiger partial charge in [-0.15, -0.1) is 0 Å². The molecule has 0 unspecified atom stereocenters. The summed E-state index contributed by atoms with van der Waals surface area (Å²) in [6.45, 7) is -0.528. The molecule has 0 aromatic heterocycles. The average Bonchev–Trinajstić information content (AvgIpc) is 2.65. The van der Waals surface area contributed by atoms with Crippen LogP contribution in [0.1, 0.15) is 15.9 Å². The van der Waals surface area contributed by atoms with Gasteiger partial charge in [-0.25, -0.2) is 13.8 Å². The molecule has 0 fully saturated rings. The van der Waals surface area contributed by atoms with Crippen molar-refractivity contribution < 1.29 is 32.8 Å². The molecule has 146 valence electrons. The Labute approximate surface area is 160 Å². The van der Waals surface area contributed by atoms with E-state index in [0.29, 0.717) is 11.1 Å². The van der Waals surface area contributed by atoms with E-state index in [2.05, 4.69) is 4.52 Å². The summed E-state index contributed by atoms with van der Waals surface area (Å²) in [5.41, 5.74) is 0.796. The van der Waals surface area contributed by atoms with E-state index in [1.165, 1.54) is 18.2 Å². The number of rotatable bonds is 7. The topological polar surface area (TPSA) is 93.1 Å². The molecule has 0 radical (unpaired) electrons. The van der Waals surface area contributed by atoms with Gasteiger partial charge in [-0.05, 0) is 40.6 Å². The van der Waals surface area contributed by atoms with E-state index >= 15 is 0 Å². The third-order valence-electron chi connectivity index (χ3n) is 4.04. The highest BCUT2D eigenvalue weighted by Crippen LogP contribution is 2.36. The van der Waals surface area contributed by atoms with Crippen LogP contribution in [0.4, 0.5) is 4.39 Å². The quantitative estimate of drug-likeness (QED) is 0.459. The fraction of sp³-hybridized carbons (Fsp3) is 0.150. The van der Waals surface area contributed by atoms with Gasteiger partial charge in [0.25, 0.3) is 0 Å². The molecule has 0 heterocycles. The molecule has 0 aliphatic carbocycles. The van der Waals surface area contributed by atoms with Gasteiger partial charge in [0.2, 0.25) is 0 Å². The minimum absolute atomic E-state index is 0.0388. The van der Waals surface area contributed by atoms with Crippen LogP contribution in [0.25, 0.3) is 10.8 Å². The summed E-state index contributed by atoms with van der Waals surface area (Å²) >= 11 is 0. The predicted molar refractivity (Wildman–Crippen MR) is 101 cm³/mol. The molecule has 0 aliphatic heterocycles. The number of halogens is 1. The first-order valence-corrected chi connectivity index (χ1v) is 9.97. The summed E-state index contributed by atoms with van der Waals surface area (Å²) in [5.74, 6) is -1.13. The van der Waals surface area contributed by atoms with Gasteiger partial charge < -0.3 is 14.5 Å².